The topological polar surface area (TPSA) is 39.6 Å². The van der Waals surface area contributed by atoms with Crippen molar-refractivity contribution in [3.8, 4) is 0 Å². The van der Waals surface area contributed by atoms with Crippen LogP contribution in [0.2, 0.25) is 0 Å². The van der Waals surface area contributed by atoms with Gasteiger partial charge >= 0.3 is 5.71 Å². The van der Waals surface area contributed by atoms with Crippen molar-refractivity contribution >= 4 is 28.9 Å². The Morgan fingerprint density at radius 1 is 1.26 bits per heavy atom. The van der Waals surface area contributed by atoms with Gasteiger partial charge in [-0.05, 0) is 11.6 Å². The van der Waals surface area contributed by atoms with Crippen LogP contribution in [0, 0.1) is 0 Å². The molecule has 0 bridgehead atoms. The lowest BCUT2D eigenvalue weighted by atomic mass is 10.1. The first-order valence-electron chi connectivity index (χ1n) is 5.82. The lowest BCUT2D eigenvalue weighted by Gasteiger charge is -2.24. The summed E-state index contributed by atoms with van der Waals surface area (Å²) in [5.74, 6) is 0. The lowest BCUT2D eigenvalue weighted by molar-refractivity contribution is -0.00527. The maximum atomic E-state index is 8.80. The average Bonchev–Trinajstić information content (AvgIpc) is 2.42. The van der Waals surface area contributed by atoms with E-state index in [0.717, 1.165) is 12.2 Å². The Morgan fingerprint density at radius 2 is 1.95 bits per heavy atom. The molecular weight excluding hydrogens is 281 g/mol. The van der Waals surface area contributed by atoms with Crippen LogP contribution >= 0.6 is 23.2 Å². The third-order valence-electron chi connectivity index (χ3n) is 2.93. The smallest absolute Gasteiger partial charge is 0.315 e. The van der Waals surface area contributed by atoms with Crippen LogP contribution in [0.25, 0.3) is 5.53 Å². The molecule has 1 aliphatic rings. The quantitative estimate of drug-likeness (QED) is 0.478. The van der Waals surface area contributed by atoms with Crippen LogP contribution in [0.3, 0.4) is 0 Å². The van der Waals surface area contributed by atoms with Gasteiger partial charge in [-0.2, -0.15) is 4.79 Å². The Morgan fingerprint density at radius 3 is 2.58 bits per heavy atom. The van der Waals surface area contributed by atoms with Gasteiger partial charge in [-0.15, -0.1) is 11.6 Å². The van der Waals surface area contributed by atoms with E-state index in [2.05, 4.69) is 16.9 Å². The molecule has 0 spiro atoms. The molecule has 2 rings (SSSR count). The summed E-state index contributed by atoms with van der Waals surface area (Å²) in [6.07, 6.45) is 3.47. The van der Waals surface area contributed by atoms with Gasteiger partial charge in [0.15, 0.2) is 5.38 Å². The fraction of sp³-hybridized carbons (Fsp3) is 0.214. The molecule has 0 aromatic heterocycles. The predicted molar refractivity (Wildman–Crippen MR) is 78.2 cm³/mol. The van der Waals surface area contributed by atoms with Crippen molar-refractivity contribution in [3.05, 3.63) is 64.3 Å². The van der Waals surface area contributed by atoms with Crippen LogP contribution in [-0.2, 0) is 6.54 Å². The first-order valence-corrected chi connectivity index (χ1v) is 6.63. The van der Waals surface area contributed by atoms with E-state index < -0.39 is 5.38 Å². The maximum absolute atomic E-state index is 8.80. The first-order chi connectivity index (χ1) is 9.13. The van der Waals surface area contributed by atoms with Crippen molar-refractivity contribution < 1.29 is 4.79 Å². The van der Waals surface area contributed by atoms with Crippen molar-refractivity contribution in [3.63, 3.8) is 0 Å². The zero-order valence-corrected chi connectivity index (χ0v) is 11.9. The van der Waals surface area contributed by atoms with Crippen LogP contribution in [0.15, 0.2) is 53.2 Å². The monoisotopic (exact) mass is 293 g/mol. The molecule has 98 valence electrons. The molecule has 0 N–H and O–H groups in total. The number of halogens is 2. The second-order valence-electron chi connectivity index (χ2n) is 4.30. The van der Waals surface area contributed by atoms with E-state index >= 15 is 0 Å². The predicted octanol–water partition coefficient (Wildman–Crippen LogP) is 3.42. The number of likely N-dealkylation sites (N-methyl/N-ethyl adjacent to an activating group) is 1. The number of nitrogens with zero attached hydrogens (tertiary/aromatic N) is 3. The SMILES string of the molecule is CN(Cc1ccccc1)C1=C(Cl)C(Cl)C(=[N+]=[N-])C=C1. The second kappa shape index (κ2) is 6.07. The minimum absolute atomic E-state index is 0.350. The number of alkyl halides is 1. The molecule has 5 heteroatoms. The summed E-state index contributed by atoms with van der Waals surface area (Å²) < 4.78 is 0. The van der Waals surface area contributed by atoms with Gasteiger partial charge < -0.3 is 10.4 Å². The molecule has 0 aliphatic heterocycles. The molecule has 0 amide bonds. The average molecular weight is 294 g/mol. The van der Waals surface area contributed by atoms with Gasteiger partial charge in [-0.1, -0.05) is 41.9 Å². The van der Waals surface area contributed by atoms with Crippen molar-refractivity contribution in [2.24, 2.45) is 0 Å². The van der Waals surface area contributed by atoms with E-state index in [1.807, 2.05) is 30.1 Å². The zero-order valence-electron chi connectivity index (χ0n) is 10.4. The summed E-state index contributed by atoms with van der Waals surface area (Å²) in [6.45, 7) is 0.728. The minimum Gasteiger partial charge on any atom is -0.369 e. The van der Waals surface area contributed by atoms with Gasteiger partial charge in [0.2, 0.25) is 0 Å². The Kier molecular flexibility index (Phi) is 4.43. The Hall–Kier alpha value is -1.54. The third-order valence-corrected chi connectivity index (χ3v) is 3.89. The van der Waals surface area contributed by atoms with Gasteiger partial charge in [0.25, 0.3) is 0 Å². The van der Waals surface area contributed by atoms with Crippen LogP contribution < -0.4 is 0 Å². The first kappa shape index (κ1) is 13.9. The Balaban J connectivity index is 2.20. The minimum atomic E-state index is -0.607. The molecule has 1 unspecified atom stereocenters. The molecule has 1 aromatic rings. The van der Waals surface area contributed by atoms with E-state index in [1.54, 1.807) is 12.2 Å². The summed E-state index contributed by atoms with van der Waals surface area (Å²) in [5, 5.41) is -0.139. The summed E-state index contributed by atoms with van der Waals surface area (Å²) in [5.41, 5.74) is 11.2. The van der Waals surface area contributed by atoms with Crippen molar-refractivity contribution in [1.82, 2.24) is 4.90 Å². The molecule has 0 radical (unpaired) electrons. The van der Waals surface area contributed by atoms with Gasteiger partial charge in [0.1, 0.15) is 0 Å². The second-order valence-corrected chi connectivity index (χ2v) is 5.14. The molecule has 1 aliphatic carbocycles. The highest BCUT2D eigenvalue weighted by molar-refractivity contribution is 6.45. The normalized spacial score (nSPS) is 18.5. The highest BCUT2D eigenvalue weighted by atomic mass is 35.5. The molecule has 0 saturated heterocycles. The Labute approximate surface area is 122 Å². The molecule has 3 nitrogen and oxygen atoms in total. The van der Waals surface area contributed by atoms with Gasteiger partial charge in [0, 0.05) is 19.7 Å². The number of hydrogen-bond donors (Lipinski definition) is 0. The largest absolute Gasteiger partial charge is 0.369 e. The van der Waals surface area contributed by atoms with E-state index in [9.17, 15) is 0 Å². The van der Waals surface area contributed by atoms with Gasteiger partial charge in [-0.25, -0.2) is 0 Å². The van der Waals surface area contributed by atoms with Crippen molar-refractivity contribution in [2.75, 3.05) is 7.05 Å². The molecule has 1 aromatic carbocycles. The molecule has 1 atom stereocenters. The molecule has 0 saturated carbocycles. The van der Waals surface area contributed by atoms with E-state index in [1.165, 1.54) is 5.56 Å². The summed E-state index contributed by atoms with van der Waals surface area (Å²) >= 11 is 12.3. The summed E-state index contributed by atoms with van der Waals surface area (Å²) in [6, 6.07) is 10.1. The molecule has 0 fully saturated rings. The number of rotatable bonds is 3. The fourth-order valence-corrected chi connectivity index (χ4v) is 2.47. The molecular formula is C14H13Cl2N3. The maximum Gasteiger partial charge on any atom is 0.315 e. The van der Waals surface area contributed by atoms with Gasteiger partial charge in [-0.3, -0.25) is 0 Å². The van der Waals surface area contributed by atoms with E-state index in [-0.39, 0.29) is 0 Å². The fourth-order valence-electron chi connectivity index (χ4n) is 1.92. The van der Waals surface area contributed by atoms with E-state index in [4.69, 9.17) is 28.7 Å². The number of allylic oxidation sites excluding steroid dienone is 3. The standard InChI is InChI=1S/C14H13Cl2N3/c1-19(9-10-5-3-2-4-6-10)12-8-7-11(18-17)13(15)14(12)16/h2-8,13H,9H2,1H3. The highest BCUT2D eigenvalue weighted by Crippen LogP contribution is 2.27. The number of hydrogen-bond acceptors (Lipinski definition) is 1. The van der Waals surface area contributed by atoms with Crippen LogP contribution in [-0.4, -0.2) is 27.8 Å². The van der Waals surface area contributed by atoms with Crippen molar-refractivity contribution in [2.45, 2.75) is 11.9 Å². The van der Waals surface area contributed by atoms with E-state index in [0.29, 0.717) is 10.7 Å². The Bertz CT molecular complexity index is 572. The third kappa shape index (κ3) is 3.07. The van der Waals surface area contributed by atoms with Crippen LogP contribution in [0.1, 0.15) is 5.56 Å². The lowest BCUT2D eigenvalue weighted by Crippen LogP contribution is -2.25. The highest BCUT2D eigenvalue weighted by Gasteiger charge is 2.29. The number of benzene rings is 1. The van der Waals surface area contributed by atoms with Crippen molar-refractivity contribution in [1.29, 1.82) is 0 Å². The molecule has 19 heavy (non-hydrogen) atoms. The zero-order chi connectivity index (χ0) is 13.8. The summed E-state index contributed by atoms with van der Waals surface area (Å²) in [7, 11) is 1.94. The van der Waals surface area contributed by atoms with Crippen LogP contribution in [0.4, 0.5) is 0 Å². The summed E-state index contributed by atoms with van der Waals surface area (Å²) in [4.78, 5) is 5.13. The molecule has 0 heterocycles. The van der Waals surface area contributed by atoms with Crippen LogP contribution in [0.5, 0.6) is 0 Å². The van der Waals surface area contributed by atoms with Gasteiger partial charge in [0.05, 0.1) is 10.7 Å².